The summed E-state index contributed by atoms with van der Waals surface area (Å²) in [5.74, 6) is 0. The first-order chi connectivity index (χ1) is 10.7. The van der Waals surface area contributed by atoms with Gasteiger partial charge in [-0.2, -0.15) is 18.3 Å². The quantitative estimate of drug-likeness (QED) is 0.777. The molecule has 0 saturated heterocycles. The van der Waals surface area contributed by atoms with Crippen molar-refractivity contribution in [1.82, 2.24) is 15.2 Å². The number of nitrogens with zero attached hydrogens (tertiary/aromatic N) is 2. The molecule has 0 atom stereocenters. The summed E-state index contributed by atoms with van der Waals surface area (Å²) in [6, 6.07) is 3.21. The van der Waals surface area contributed by atoms with Crippen LogP contribution in [0.25, 0.3) is 22.0 Å². The second-order valence-electron chi connectivity index (χ2n) is 5.03. The third kappa shape index (κ3) is 2.91. The van der Waals surface area contributed by atoms with Gasteiger partial charge >= 0.3 is 6.18 Å². The van der Waals surface area contributed by atoms with Gasteiger partial charge in [0.05, 0.1) is 22.2 Å². The number of halogens is 3. The number of benzene rings is 1. The van der Waals surface area contributed by atoms with Crippen LogP contribution < -0.4 is 0 Å². The minimum Gasteiger partial charge on any atom is -0.278 e. The maximum absolute atomic E-state index is 13.0. The molecule has 1 aromatic carbocycles. The molecule has 0 unspecified atom stereocenters. The first-order valence-corrected chi connectivity index (χ1v) is 8.25. The Bertz CT molecular complexity index is 994. The summed E-state index contributed by atoms with van der Waals surface area (Å²) in [5.41, 5.74) is -0.166. The van der Waals surface area contributed by atoms with Crippen molar-refractivity contribution >= 4 is 20.7 Å². The summed E-state index contributed by atoms with van der Waals surface area (Å²) in [5, 5.41) is 6.70. The molecule has 5 nitrogen and oxygen atoms in total. The number of rotatable bonds is 2. The number of H-pyrrole nitrogens is 1. The van der Waals surface area contributed by atoms with Gasteiger partial charge in [-0.3, -0.25) is 10.1 Å². The molecule has 0 spiro atoms. The normalized spacial score (nSPS) is 12.7. The molecule has 0 saturated carbocycles. The standard InChI is InChI=1S/C14H10F3N3O2S/c1-23(21,22)10-2-8(5-18-6-10)11-3-9(14(15,16)17)4-13-12(11)7-19-20-13/h2-7H,1H3,(H,19,20). The zero-order valence-corrected chi connectivity index (χ0v) is 12.5. The van der Waals surface area contributed by atoms with Crippen molar-refractivity contribution in [2.75, 3.05) is 6.26 Å². The zero-order chi connectivity index (χ0) is 16.8. The van der Waals surface area contributed by atoms with Crippen LogP contribution in [0.1, 0.15) is 5.56 Å². The van der Waals surface area contributed by atoms with Gasteiger partial charge in [-0.05, 0) is 23.8 Å². The molecule has 120 valence electrons. The van der Waals surface area contributed by atoms with E-state index in [1.165, 1.54) is 18.5 Å². The lowest BCUT2D eigenvalue weighted by atomic mass is 10.0. The zero-order valence-electron chi connectivity index (χ0n) is 11.7. The molecule has 3 aromatic rings. The van der Waals surface area contributed by atoms with Gasteiger partial charge in [0, 0.05) is 29.6 Å². The van der Waals surface area contributed by atoms with E-state index >= 15 is 0 Å². The molecule has 2 heterocycles. The van der Waals surface area contributed by atoms with Crippen molar-refractivity contribution in [3.63, 3.8) is 0 Å². The van der Waals surface area contributed by atoms with E-state index in [0.29, 0.717) is 5.39 Å². The van der Waals surface area contributed by atoms with E-state index in [4.69, 9.17) is 0 Å². The molecule has 0 aliphatic heterocycles. The van der Waals surface area contributed by atoms with Crippen molar-refractivity contribution in [3.05, 3.63) is 42.4 Å². The molecule has 1 N–H and O–H groups in total. The minimum absolute atomic E-state index is 0.0657. The van der Waals surface area contributed by atoms with Gasteiger partial charge in [-0.1, -0.05) is 0 Å². The molecule has 9 heteroatoms. The monoisotopic (exact) mass is 341 g/mol. The minimum atomic E-state index is -4.53. The number of pyridine rings is 1. The number of aromatic amines is 1. The Morgan fingerprint density at radius 3 is 2.48 bits per heavy atom. The molecule has 0 radical (unpaired) electrons. The van der Waals surface area contributed by atoms with E-state index in [2.05, 4.69) is 15.2 Å². The van der Waals surface area contributed by atoms with E-state index in [1.54, 1.807) is 0 Å². The fourth-order valence-corrected chi connectivity index (χ4v) is 2.82. The first-order valence-electron chi connectivity index (χ1n) is 6.36. The molecule has 0 bridgehead atoms. The topological polar surface area (TPSA) is 75.7 Å². The van der Waals surface area contributed by atoms with Crippen LogP contribution in [0.3, 0.4) is 0 Å². The smallest absolute Gasteiger partial charge is 0.278 e. The fraction of sp³-hybridized carbons (Fsp3) is 0.143. The van der Waals surface area contributed by atoms with Crippen molar-refractivity contribution < 1.29 is 21.6 Å². The van der Waals surface area contributed by atoms with E-state index in [9.17, 15) is 21.6 Å². The predicted octanol–water partition coefficient (Wildman–Crippen LogP) is 3.05. The Morgan fingerprint density at radius 2 is 1.83 bits per heavy atom. The van der Waals surface area contributed by atoms with E-state index in [0.717, 1.165) is 24.6 Å². The Kier molecular flexibility index (Phi) is 3.40. The first kappa shape index (κ1) is 15.5. The lowest BCUT2D eigenvalue weighted by molar-refractivity contribution is -0.137. The highest BCUT2D eigenvalue weighted by Crippen LogP contribution is 2.36. The molecular formula is C14H10F3N3O2S. The van der Waals surface area contributed by atoms with Gasteiger partial charge in [0.15, 0.2) is 9.84 Å². The Morgan fingerprint density at radius 1 is 1.09 bits per heavy atom. The van der Waals surface area contributed by atoms with Gasteiger partial charge in [-0.25, -0.2) is 8.42 Å². The number of aromatic nitrogens is 3. The van der Waals surface area contributed by atoms with Crippen LogP contribution in [0.15, 0.2) is 41.7 Å². The van der Waals surface area contributed by atoms with E-state index < -0.39 is 21.6 Å². The number of hydrogen-bond acceptors (Lipinski definition) is 4. The number of nitrogens with one attached hydrogen (secondary N) is 1. The highest BCUT2D eigenvalue weighted by Gasteiger charge is 2.32. The van der Waals surface area contributed by atoms with Crippen LogP contribution >= 0.6 is 0 Å². The molecule has 23 heavy (non-hydrogen) atoms. The third-order valence-electron chi connectivity index (χ3n) is 3.34. The summed E-state index contributed by atoms with van der Waals surface area (Å²) < 4.78 is 62.4. The average molecular weight is 341 g/mol. The number of hydrogen-bond donors (Lipinski definition) is 1. The summed E-state index contributed by atoms with van der Waals surface area (Å²) >= 11 is 0. The largest absolute Gasteiger partial charge is 0.416 e. The number of sulfone groups is 1. The maximum Gasteiger partial charge on any atom is 0.416 e. The van der Waals surface area contributed by atoms with Gasteiger partial charge in [0.2, 0.25) is 0 Å². The van der Waals surface area contributed by atoms with Crippen LogP contribution in [0.4, 0.5) is 13.2 Å². The van der Waals surface area contributed by atoms with Gasteiger partial charge in [0.1, 0.15) is 0 Å². The van der Waals surface area contributed by atoms with Crippen molar-refractivity contribution in [3.8, 4) is 11.1 Å². The summed E-state index contributed by atoms with van der Waals surface area (Å²) in [6.07, 6.45) is 0.330. The highest BCUT2D eigenvalue weighted by atomic mass is 32.2. The van der Waals surface area contributed by atoms with Crippen molar-refractivity contribution in [2.24, 2.45) is 0 Å². The van der Waals surface area contributed by atoms with Crippen LogP contribution in [0.5, 0.6) is 0 Å². The van der Waals surface area contributed by atoms with E-state index in [1.807, 2.05) is 0 Å². The SMILES string of the molecule is CS(=O)(=O)c1cncc(-c2cc(C(F)(F)F)cc3[nH]ncc23)c1. The second-order valence-corrected chi connectivity index (χ2v) is 7.05. The molecule has 0 aliphatic rings. The van der Waals surface area contributed by atoms with E-state index in [-0.39, 0.29) is 21.5 Å². The summed E-state index contributed by atoms with van der Waals surface area (Å²) in [6.45, 7) is 0. The van der Waals surface area contributed by atoms with Crippen LogP contribution in [-0.2, 0) is 16.0 Å². The Balaban J connectivity index is 2.29. The fourth-order valence-electron chi connectivity index (χ4n) is 2.22. The van der Waals surface area contributed by atoms with Gasteiger partial charge < -0.3 is 0 Å². The maximum atomic E-state index is 13.0. The predicted molar refractivity (Wildman–Crippen MR) is 77.4 cm³/mol. The Hall–Kier alpha value is -2.42. The lowest BCUT2D eigenvalue weighted by Crippen LogP contribution is -2.05. The van der Waals surface area contributed by atoms with Gasteiger partial charge in [0.25, 0.3) is 0 Å². The van der Waals surface area contributed by atoms with Gasteiger partial charge in [-0.15, -0.1) is 0 Å². The highest BCUT2D eigenvalue weighted by molar-refractivity contribution is 7.90. The second kappa shape index (κ2) is 5.05. The summed E-state index contributed by atoms with van der Waals surface area (Å²) in [7, 11) is -3.52. The lowest BCUT2D eigenvalue weighted by Gasteiger charge is -2.11. The molecule has 0 aliphatic carbocycles. The molecular weight excluding hydrogens is 331 g/mol. The third-order valence-corrected chi connectivity index (χ3v) is 4.42. The van der Waals surface area contributed by atoms with Crippen LogP contribution in [0.2, 0.25) is 0 Å². The number of fused-ring (bicyclic) bond motifs is 1. The summed E-state index contributed by atoms with van der Waals surface area (Å²) in [4.78, 5) is 3.75. The Labute approximate surface area is 129 Å². The molecule has 0 fully saturated rings. The van der Waals surface area contributed by atoms with Crippen molar-refractivity contribution in [2.45, 2.75) is 11.1 Å². The number of alkyl halides is 3. The molecule has 0 amide bonds. The average Bonchev–Trinajstić information content (AvgIpc) is 2.93. The van der Waals surface area contributed by atoms with Crippen LogP contribution in [0, 0.1) is 0 Å². The van der Waals surface area contributed by atoms with Crippen molar-refractivity contribution in [1.29, 1.82) is 0 Å². The molecule has 2 aromatic heterocycles. The molecule has 3 rings (SSSR count). The van der Waals surface area contributed by atoms with Crippen LogP contribution in [-0.4, -0.2) is 29.9 Å².